The molecule has 2 aromatic heterocycles. The Kier molecular flexibility index (Phi) is 6.19. The van der Waals surface area contributed by atoms with Gasteiger partial charge in [0.2, 0.25) is 16.0 Å². The second-order valence-corrected chi connectivity index (χ2v) is 11.8. The number of rotatable bonds is 8. The monoisotopic (exact) mass is 515 g/mol. The standard InChI is InChI=1S/C24H30FN7O3S/c1-14(2)21-30-31-23(32(21)24(3)8-9-24)35-17-5-4-15(10-17)16-12-27-22(28-13-16)29-20-7-6-18(11-19(20)25)36(26,33)34/h6-7,11-15,17H,4-5,8-10H2,1-3H3,(H2,26,33,34)(H,27,28,29)/t15-,17+/m0/s1. The smallest absolute Gasteiger partial charge is 0.317 e. The summed E-state index contributed by atoms with van der Waals surface area (Å²) in [6, 6.07) is 3.98. The summed E-state index contributed by atoms with van der Waals surface area (Å²) < 4.78 is 45.6. The molecule has 0 saturated heterocycles. The van der Waals surface area contributed by atoms with Crippen molar-refractivity contribution in [3.63, 3.8) is 0 Å². The summed E-state index contributed by atoms with van der Waals surface area (Å²) in [4.78, 5) is 8.34. The molecule has 0 spiro atoms. The third kappa shape index (κ3) is 4.92. The highest BCUT2D eigenvalue weighted by Crippen LogP contribution is 2.47. The number of benzene rings is 1. The highest BCUT2D eigenvalue weighted by atomic mass is 32.2. The van der Waals surface area contributed by atoms with Crippen LogP contribution < -0.4 is 15.2 Å². The van der Waals surface area contributed by atoms with Gasteiger partial charge in [-0.05, 0) is 68.7 Å². The van der Waals surface area contributed by atoms with Crippen molar-refractivity contribution in [3.8, 4) is 6.01 Å². The van der Waals surface area contributed by atoms with Crippen LogP contribution in [-0.2, 0) is 15.6 Å². The minimum atomic E-state index is -3.98. The molecule has 2 aliphatic rings. The molecule has 3 aromatic rings. The predicted molar refractivity (Wildman–Crippen MR) is 131 cm³/mol. The Balaban J connectivity index is 1.23. The largest absolute Gasteiger partial charge is 0.460 e. The van der Waals surface area contributed by atoms with Gasteiger partial charge in [-0.3, -0.25) is 4.57 Å². The molecule has 2 fully saturated rings. The van der Waals surface area contributed by atoms with E-state index >= 15 is 0 Å². The van der Waals surface area contributed by atoms with Crippen LogP contribution >= 0.6 is 0 Å². The third-order valence-electron chi connectivity index (χ3n) is 7.00. The van der Waals surface area contributed by atoms with E-state index in [1.165, 1.54) is 12.1 Å². The van der Waals surface area contributed by atoms with Crippen LogP contribution in [-0.4, -0.2) is 39.3 Å². The predicted octanol–water partition coefficient (Wildman–Crippen LogP) is 3.95. The number of primary sulfonamides is 1. The Morgan fingerprint density at radius 2 is 1.92 bits per heavy atom. The zero-order chi connectivity index (χ0) is 25.7. The normalized spacial score (nSPS) is 21.1. The van der Waals surface area contributed by atoms with Gasteiger partial charge in [-0.1, -0.05) is 18.9 Å². The summed E-state index contributed by atoms with van der Waals surface area (Å²) in [6.45, 7) is 6.46. The highest BCUT2D eigenvalue weighted by Gasteiger charge is 2.44. The van der Waals surface area contributed by atoms with Gasteiger partial charge in [-0.15, -0.1) is 5.10 Å². The number of hydrogen-bond acceptors (Lipinski definition) is 8. The first kappa shape index (κ1) is 24.6. The van der Waals surface area contributed by atoms with E-state index in [2.05, 4.69) is 50.8 Å². The van der Waals surface area contributed by atoms with Crippen molar-refractivity contribution in [2.45, 2.75) is 81.2 Å². The van der Waals surface area contributed by atoms with Gasteiger partial charge < -0.3 is 10.1 Å². The molecule has 0 radical (unpaired) electrons. The Morgan fingerprint density at radius 3 is 2.53 bits per heavy atom. The average Bonchev–Trinajstić information content (AvgIpc) is 3.21. The third-order valence-corrected chi connectivity index (χ3v) is 7.91. The maximum absolute atomic E-state index is 14.3. The molecule has 0 unspecified atom stereocenters. The number of ether oxygens (including phenoxy) is 1. The number of nitrogens with two attached hydrogens (primary N) is 1. The quantitative estimate of drug-likeness (QED) is 0.460. The summed E-state index contributed by atoms with van der Waals surface area (Å²) >= 11 is 0. The van der Waals surface area contributed by atoms with Crippen LogP contribution in [0.15, 0.2) is 35.5 Å². The lowest BCUT2D eigenvalue weighted by molar-refractivity contribution is 0.174. The molecule has 36 heavy (non-hydrogen) atoms. The van der Waals surface area contributed by atoms with E-state index in [1.54, 1.807) is 12.4 Å². The fourth-order valence-corrected chi connectivity index (χ4v) is 5.18. The number of nitrogens with zero attached hydrogens (tertiary/aromatic N) is 5. The zero-order valence-electron chi connectivity index (χ0n) is 20.5. The van der Waals surface area contributed by atoms with Gasteiger partial charge in [-0.2, -0.15) is 0 Å². The molecule has 192 valence electrons. The van der Waals surface area contributed by atoms with E-state index in [0.717, 1.165) is 49.6 Å². The van der Waals surface area contributed by atoms with Gasteiger partial charge in [0.1, 0.15) is 17.7 Å². The summed E-state index contributed by atoms with van der Waals surface area (Å²) in [6.07, 6.45) is 8.34. The molecule has 2 atom stereocenters. The number of anilines is 2. The minimum Gasteiger partial charge on any atom is -0.460 e. The molecular formula is C24H30FN7O3S. The first-order valence-corrected chi connectivity index (χ1v) is 13.6. The Morgan fingerprint density at radius 1 is 1.19 bits per heavy atom. The van der Waals surface area contributed by atoms with Crippen molar-refractivity contribution in [2.75, 3.05) is 5.32 Å². The second-order valence-electron chi connectivity index (χ2n) is 10.2. The van der Waals surface area contributed by atoms with Gasteiger partial charge in [-0.25, -0.2) is 27.9 Å². The molecule has 5 rings (SSSR count). The van der Waals surface area contributed by atoms with E-state index in [9.17, 15) is 12.8 Å². The fraction of sp³-hybridized carbons (Fsp3) is 0.500. The Labute approximate surface area is 209 Å². The molecule has 0 bridgehead atoms. The van der Waals surface area contributed by atoms with Crippen LogP contribution in [0.3, 0.4) is 0 Å². The summed E-state index contributed by atoms with van der Waals surface area (Å²) in [5.74, 6) is 0.921. The Bertz CT molecular complexity index is 1370. The van der Waals surface area contributed by atoms with E-state index in [0.29, 0.717) is 6.01 Å². The van der Waals surface area contributed by atoms with E-state index in [-0.39, 0.29) is 40.0 Å². The van der Waals surface area contributed by atoms with Gasteiger partial charge in [0.15, 0.2) is 0 Å². The second kappa shape index (κ2) is 9.07. The molecule has 2 heterocycles. The van der Waals surface area contributed by atoms with Crippen molar-refractivity contribution < 1.29 is 17.5 Å². The highest BCUT2D eigenvalue weighted by molar-refractivity contribution is 7.89. The molecule has 2 aliphatic carbocycles. The molecule has 1 aromatic carbocycles. The fourth-order valence-electron chi connectivity index (χ4n) is 4.65. The van der Waals surface area contributed by atoms with Gasteiger partial charge in [0.05, 0.1) is 10.6 Å². The van der Waals surface area contributed by atoms with Crippen LogP contribution in [0.5, 0.6) is 6.01 Å². The maximum Gasteiger partial charge on any atom is 0.317 e. The zero-order valence-corrected chi connectivity index (χ0v) is 21.3. The van der Waals surface area contributed by atoms with E-state index < -0.39 is 15.8 Å². The first-order valence-electron chi connectivity index (χ1n) is 12.1. The molecule has 3 N–H and O–H groups in total. The lowest BCUT2D eigenvalue weighted by atomic mass is 10.0. The van der Waals surface area contributed by atoms with Crippen LogP contribution in [0.2, 0.25) is 0 Å². The van der Waals surface area contributed by atoms with Crippen molar-refractivity contribution in [1.29, 1.82) is 0 Å². The van der Waals surface area contributed by atoms with Crippen LogP contribution in [0.1, 0.15) is 76.1 Å². The molecule has 12 heteroatoms. The topological polar surface area (TPSA) is 138 Å². The summed E-state index contributed by atoms with van der Waals surface area (Å²) in [5, 5.41) is 16.6. The SMILES string of the molecule is CC(C)c1nnc(O[C@@H]2CC[C@H](c3cnc(Nc4ccc(S(N)(=O)=O)cc4F)nc3)C2)n1C1(C)CC1. The van der Waals surface area contributed by atoms with Crippen molar-refractivity contribution in [1.82, 2.24) is 24.7 Å². The van der Waals surface area contributed by atoms with Crippen LogP contribution in [0.25, 0.3) is 0 Å². The number of halogens is 1. The van der Waals surface area contributed by atoms with Crippen LogP contribution in [0.4, 0.5) is 16.0 Å². The van der Waals surface area contributed by atoms with Crippen LogP contribution in [0, 0.1) is 5.82 Å². The number of nitrogens with one attached hydrogen (secondary N) is 1. The molecular weight excluding hydrogens is 485 g/mol. The number of hydrogen-bond donors (Lipinski definition) is 2. The van der Waals surface area contributed by atoms with Gasteiger partial charge in [0.25, 0.3) is 0 Å². The van der Waals surface area contributed by atoms with E-state index in [1.807, 2.05) is 0 Å². The van der Waals surface area contributed by atoms with Crippen molar-refractivity contribution in [3.05, 3.63) is 47.8 Å². The molecule has 10 nitrogen and oxygen atoms in total. The molecule has 0 amide bonds. The van der Waals surface area contributed by atoms with Gasteiger partial charge >= 0.3 is 6.01 Å². The molecule has 2 saturated carbocycles. The van der Waals surface area contributed by atoms with Gasteiger partial charge in [0, 0.05) is 23.9 Å². The minimum absolute atomic E-state index is 0.0320. The van der Waals surface area contributed by atoms with Crippen molar-refractivity contribution in [2.24, 2.45) is 5.14 Å². The maximum atomic E-state index is 14.3. The lowest BCUT2D eigenvalue weighted by Crippen LogP contribution is -2.22. The average molecular weight is 516 g/mol. The lowest BCUT2D eigenvalue weighted by Gasteiger charge is -2.20. The number of sulfonamides is 1. The summed E-state index contributed by atoms with van der Waals surface area (Å²) in [7, 11) is -3.98. The first-order chi connectivity index (χ1) is 17.0. The summed E-state index contributed by atoms with van der Waals surface area (Å²) in [5.41, 5.74) is 1.08. The van der Waals surface area contributed by atoms with E-state index in [4.69, 9.17) is 9.88 Å². The Hall–Kier alpha value is -3.12. The van der Waals surface area contributed by atoms with Crippen molar-refractivity contribution >= 4 is 21.7 Å². The molecule has 0 aliphatic heterocycles. The number of aromatic nitrogens is 5.